The minimum absolute atomic E-state index is 0.198. The van der Waals surface area contributed by atoms with Crippen molar-refractivity contribution < 1.29 is 14.3 Å². The first-order valence-corrected chi connectivity index (χ1v) is 9.81. The molecule has 5 N–H and O–H groups in total. The van der Waals surface area contributed by atoms with Crippen LogP contribution in [0.25, 0.3) is 16.9 Å². The molecule has 0 fully saturated rings. The van der Waals surface area contributed by atoms with Crippen LogP contribution in [0.15, 0.2) is 72.8 Å². The Bertz CT molecular complexity index is 1280. The summed E-state index contributed by atoms with van der Waals surface area (Å²) in [5, 5.41) is 7.57. The predicted octanol–water partition coefficient (Wildman–Crippen LogP) is 3.87. The molecule has 0 saturated carbocycles. The molecule has 1 aromatic heterocycles. The third-order valence-corrected chi connectivity index (χ3v) is 4.88. The molecule has 0 aliphatic rings. The normalized spacial score (nSPS) is 10.5. The molecule has 1 amide bonds. The number of benzene rings is 3. The number of primary amides is 1. The van der Waals surface area contributed by atoms with Crippen molar-refractivity contribution in [2.75, 3.05) is 18.1 Å². The summed E-state index contributed by atoms with van der Waals surface area (Å²) in [7, 11) is 1.65. The van der Waals surface area contributed by atoms with Gasteiger partial charge in [0.25, 0.3) is 5.91 Å². The molecule has 0 aliphatic carbocycles. The number of ether oxygens (including phenoxy) is 1. The maximum atomic E-state index is 12.4. The van der Waals surface area contributed by atoms with Crippen molar-refractivity contribution in [1.29, 1.82) is 0 Å². The fourth-order valence-electron chi connectivity index (χ4n) is 3.41. The number of aldehydes is 1. The van der Waals surface area contributed by atoms with Gasteiger partial charge in [0, 0.05) is 23.9 Å². The summed E-state index contributed by atoms with van der Waals surface area (Å²) in [5.74, 6) is 1.04. The maximum Gasteiger partial charge on any atom is 0.254 e. The Balaban J connectivity index is 1.80. The topological polar surface area (TPSA) is 125 Å². The van der Waals surface area contributed by atoms with Gasteiger partial charge in [-0.15, -0.1) is 0 Å². The number of carbonyl (C=O) groups is 2. The van der Waals surface area contributed by atoms with E-state index in [0.29, 0.717) is 51.8 Å². The molecule has 0 unspecified atom stereocenters. The van der Waals surface area contributed by atoms with Gasteiger partial charge in [-0.05, 0) is 54.6 Å². The van der Waals surface area contributed by atoms with Crippen LogP contribution in [0, 0.1) is 0 Å². The van der Waals surface area contributed by atoms with Gasteiger partial charge in [-0.1, -0.05) is 18.2 Å². The molecule has 8 heteroatoms. The molecule has 3 aromatic carbocycles. The number of nitrogens with two attached hydrogens (primary N) is 2. The molecule has 1 heterocycles. The lowest BCUT2D eigenvalue weighted by molar-refractivity contribution is 0.100. The first-order valence-electron chi connectivity index (χ1n) is 9.81. The Kier molecular flexibility index (Phi) is 5.59. The van der Waals surface area contributed by atoms with Crippen LogP contribution in [-0.4, -0.2) is 29.0 Å². The van der Waals surface area contributed by atoms with E-state index >= 15 is 0 Å². The molecule has 160 valence electrons. The predicted molar refractivity (Wildman–Crippen MR) is 123 cm³/mol. The van der Waals surface area contributed by atoms with Gasteiger partial charge >= 0.3 is 0 Å². The average Bonchev–Trinajstić information content (AvgIpc) is 3.20. The van der Waals surface area contributed by atoms with Crippen molar-refractivity contribution in [3.8, 4) is 28.4 Å². The van der Waals surface area contributed by atoms with Gasteiger partial charge in [0.2, 0.25) is 0 Å². The summed E-state index contributed by atoms with van der Waals surface area (Å²) >= 11 is 0. The summed E-state index contributed by atoms with van der Waals surface area (Å²) in [6, 6.07) is 21.4. The third kappa shape index (κ3) is 3.89. The quantitative estimate of drug-likeness (QED) is 0.304. The minimum Gasteiger partial charge on any atom is -0.457 e. The molecule has 8 nitrogen and oxygen atoms in total. The van der Waals surface area contributed by atoms with Crippen molar-refractivity contribution in [3.05, 3.63) is 83.9 Å². The second kappa shape index (κ2) is 8.65. The highest BCUT2D eigenvalue weighted by atomic mass is 16.5. The van der Waals surface area contributed by atoms with Crippen LogP contribution in [0.3, 0.4) is 0 Å². The molecular weight excluding hydrogens is 406 g/mol. The Labute approximate surface area is 184 Å². The average molecular weight is 427 g/mol. The van der Waals surface area contributed by atoms with Gasteiger partial charge in [-0.3, -0.25) is 9.59 Å². The maximum absolute atomic E-state index is 12.4. The first-order chi connectivity index (χ1) is 15.5. The van der Waals surface area contributed by atoms with E-state index in [2.05, 4.69) is 10.4 Å². The highest BCUT2D eigenvalue weighted by Crippen LogP contribution is 2.33. The number of anilines is 2. The number of hydrogen-bond donors (Lipinski definition) is 3. The zero-order valence-electron chi connectivity index (χ0n) is 17.3. The molecule has 0 atom stereocenters. The van der Waals surface area contributed by atoms with Gasteiger partial charge in [-0.2, -0.15) is 5.10 Å². The summed E-state index contributed by atoms with van der Waals surface area (Å²) in [5.41, 5.74) is 14.1. The van der Waals surface area contributed by atoms with E-state index < -0.39 is 5.91 Å². The molecule has 0 bridgehead atoms. The van der Waals surface area contributed by atoms with Crippen LogP contribution in [0.4, 0.5) is 11.5 Å². The van der Waals surface area contributed by atoms with Crippen molar-refractivity contribution in [2.45, 2.75) is 0 Å². The molecule has 4 rings (SSSR count). The molecule has 0 aliphatic heterocycles. The molecule has 0 radical (unpaired) electrons. The molecule has 32 heavy (non-hydrogen) atoms. The zero-order valence-corrected chi connectivity index (χ0v) is 17.3. The van der Waals surface area contributed by atoms with E-state index in [4.69, 9.17) is 16.2 Å². The first kappa shape index (κ1) is 20.7. The van der Waals surface area contributed by atoms with Crippen LogP contribution < -0.4 is 21.5 Å². The summed E-state index contributed by atoms with van der Waals surface area (Å²) in [6.45, 7) is 0. The number of amides is 1. The second-order valence-corrected chi connectivity index (χ2v) is 6.97. The van der Waals surface area contributed by atoms with Gasteiger partial charge in [0.05, 0.1) is 5.69 Å². The van der Waals surface area contributed by atoms with Crippen LogP contribution in [0.5, 0.6) is 11.5 Å². The molecule has 0 spiro atoms. The highest BCUT2D eigenvalue weighted by Gasteiger charge is 2.24. The van der Waals surface area contributed by atoms with Gasteiger partial charge < -0.3 is 21.5 Å². The number of nitrogen functional groups attached to an aromatic ring is 1. The highest BCUT2D eigenvalue weighted by molar-refractivity contribution is 6.04. The van der Waals surface area contributed by atoms with E-state index in [1.54, 1.807) is 49.5 Å². The lowest BCUT2D eigenvalue weighted by atomic mass is 10.1. The van der Waals surface area contributed by atoms with Crippen LogP contribution >= 0.6 is 0 Å². The Morgan fingerprint density at radius 1 is 1.03 bits per heavy atom. The fraction of sp³-hybridized carbons (Fsp3) is 0.0417. The Morgan fingerprint density at radius 2 is 1.72 bits per heavy atom. The lowest BCUT2D eigenvalue weighted by Gasteiger charge is -2.10. The summed E-state index contributed by atoms with van der Waals surface area (Å²) in [4.78, 5) is 23.9. The van der Waals surface area contributed by atoms with Crippen molar-refractivity contribution >= 4 is 23.7 Å². The number of para-hydroxylation sites is 1. The van der Waals surface area contributed by atoms with Crippen LogP contribution in [0.2, 0.25) is 0 Å². The molecule has 0 saturated heterocycles. The molecular formula is C24H21N5O3. The third-order valence-electron chi connectivity index (χ3n) is 4.88. The van der Waals surface area contributed by atoms with E-state index in [1.165, 1.54) is 4.68 Å². The van der Waals surface area contributed by atoms with Crippen LogP contribution in [-0.2, 0) is 0 Å². The van der Waals surface area contributed by atoms with Gasteiger partial charge in [0.15, 0.2) is 6.29 Å². The number of nitrogens with zero attached hydrogens (tertiary/aromatic N) is 2. The largest absolute Gasteiger partial charge is 0.457 e. The zero-order chi connectivity index (χ0) is 22.7. The van der Waals surface area contributed by atoms with Crippen molar-refractivity contribution in [1.82, 2.24) is 9.78 Å². The second-order valence-electron chi connectivity index (χ2n) is 6.97. The minimum atomic E-state index is -0.656. The van der Waals surface area contributed by atoms with E-state index in [9.17, 15) is 9.59 Å². The fourth-order valence-corrected chi connectivity index (χ4v) is 3.41. The number of hydrogen-bond acceptors (Lipinski definition) is 6. The smallest absolute Gasteiger partial charge is 0.254 e. The Hall–Kier alpha value is -4.59. The standard InChI is InChI=1S/C24H21N5O3/c1-27-24-21(23(26)31)22(28-29(24)20-13-17(25)10-7-16(20)14-30)15-8-11-19(12-9-15)32-18-5-3-2-4-6-18/h2-14,27H,25H2,1H3,(H2,26,31). The monoisotopic (exact) mass is 427 g/mol. The number of aromatic nitrogens is 2. The van der Waals surface area contributed by atoms with E-state index in [-0.39, 0.29) is 5.56 Å². The molecule has 4 aromatic rings. The number of rotatable bonds is 7. The summed E-state index contributed by atoms with van der Waals surface area (Å²) in [6.07, 6.45) is 0.704. The van der Waals surface area contributed by atoms with Gasteiger partial charge in [0.1, 0.15) is 28.6 Å². The Morgan fingerprint density at radius 3 is 2.34 bits per heavy atom. The van der Waals surface area contributed by atoms with Crippen LogP contribution in [0.1, 0.15) is 20.7 Å². The number of carbonyl (C=O) groups excluding carboxylic acids is 2. The van der Waals surface area contributed by atoms with E-state index in [1.807, 2.05) is 30.3 Å². The van der Waals surface area contributed by atoms with Crippen molar-refractivity contribution in [3.63, 3.8) is 0 Å². The summed E-state index contributed by atoms with van der Waals surface area (Å²) < 4.78 is 7.29. The van der Waals surface area contributed by atoms with E-state index in [0.717, 1.165) is 0 Å². The lowest BCUT2D eigenvalue weighted by Crippen LogP contribution is -2.14. The SMILES string of the molecule is CNc1c(C(N)=O)c(-c2ccc(Oc3ccccc3)cc2)nn1-c1cc(N)ccc1C=O. The van der Waals surface area contributed by atoms with Gasteiger partial charge in [-0.25, -0.2) is 4.68 Å². The van der Waals surface area contributed by atoms with Crippen molar-refractivity contribution in [2.24, 2.45) is 5.73 Å². The number of nitrogens with one attached hydrogen (secondary N) is 1.